The molecule has 0 aromatic heterocycles. The van der Waals surface area contributed by atoms with E-state index in [1.165, 1.54) is 18.2 Å². The Morgan fingerprint density at radius 1 is 1.11 bits per heavy atom. The Balaban J connectivity index is 1.70. The summed E-state index contributed by atoms with van der Waals surface area (Å²) in [4.78, 5) is 26.4. The molecule has 0 bridgehead atoms. The van der Waals surface area contributed by atoms with Gasteiger partial charge in [0.15, 0.2) is 0 Å². The number of rotatable bonds is 7. The zero-order chi connectivity index (χ0) is 25.4. The fourth-order valence-corrected chi connectivity index (χ4v) is 5.43. The number of sulfonamides is 1. The quantitative estimate of drug-likeness (QED) is 0.559. The van der Waals surface area contributed by atoms with Crippen molar-refractivity contribution in [2.24, 2.45) is 5.92 Å². The number of halogens is 3. The third-order valence-corrected chi connectivity index (χ3v) is 7.89. The molecule has 2 aromatic carbocycles. The molecule has 2 N–H and O–H groups in total. The molecule has 0 saturated heterocycles. The molecule has 186 valence electrons. The number of carbonyl (C=O) groups is 2. The second-order valence-corrected chi connectivity index (χ2v) is 10.6. The first-order valence-electron chi connectivity index (χ1n) is 11.0. The molecule has 1 saturated carbocycles. The van der Waals surface area contributed by atoms with Crippen molar-refractivity contribution in [2.75, 3.05) is 18.0 Å². The minimum Gasteiger partial charge on any atom is -0.352 e. The van der Waals surface area contributed by atoms with Gasteiger partial charge >= 0.3 is 6.18 Å². The fraction of sp³-hybridized carbons (Fsp3) is 0.333. The molecular formula is C24H24F3N3O4S. The number of amides is 2. The van der Waals surface area contributed by atoms with E-state index in [0.29, 0.717) is 42.7 Å². The van der Waals surface area contributed by atoms with Gasteiger partial charge in [-0.25, -0.2) is 13.1 Å². The first-order chi connectivity index (χ1) is 16.5. The number of nitrogens with one attached hydrogen (secondary N) is 2. The third-order valence-electron chi connectivity index (χ3n) is 6.08. The number of fused-ring (bicyclic) bond motifs is 1. The molecular weight excluding hydrogens is 483 g/mol. The molecule has 0 spiro atoms. The van der Waals surface area contributed by atoms with Crippen molar-refractivity contribution in [1.82, 2.24) is 10.0 Å². The standard InChI is InChI=1S/C24H24F3N3O4S/c1-2-22(31)28-13-15-12-20-19(23(32)29-35(33,34)18-10-11-18)4-3-5-21(20)30(14-15)17-8-6-16(7-9-17)24(25,26)27/h2-9,15,18H,1,10-14H2,(H,28,31)(H,29,32). The Morgan fingerprint density at radius 2 is 1.80 bits per heavy atom. The van der Waals surface area contributed by atoms with Crippen LogP contribution in [0.25, 0.3) is 0 Å². The van der Waals surface area contributed by atoms with Gasteiger partial charge in [-0.05, 0) is 73.2 Å². The molecule has 1 atom stereocenters. The van der Waals surface area contributed by atoms with Gasteiger partial charge in [0.05, 0.1) is 10.8 Å². The van der Waals surface area contributed by atoms with E-state index in [4.69, 9.17) is 0 Å². The molecule has 35 heavy (non-hydrogen) atoms. The van der Waals surface area contributed by atoms with Crippen LogP contribution in [0.15, 0.2) is 55.1 Å². The number of benzene rings is 2. The number of hydrogen-bond donors (Lipinski definition) is 2. The highest BCUT2D eigenvalue weighted by atomic mass is 32.2. The van der Waals surface area contributed by atoms with E-state index in [1.54, 1.807) is 17.0 Å². The predicted molar refractivity (Wildman–Crippen MR) is 125 cm³/mol. The van der Waals surface area contributed by atoms with Gasteiger partial charge in [-0.3, -0.25) is 9.59 Å². The van der Waals surface area contributed by atoms with Crippen molar-refractivity contribution in [2.45, 2.75) is 30.7 Å². The molecule has 7 nitrogen and oxygen atoms in total. The lowest BCUT2D eigenvalue weighted by molar-refractivity contribution is -0.137. The van der Waals surface area contributed by atoms with Crippen molar-refractivity contribution in [1.29, 1.82) is 0 Å². The Hall–Kier alpha value is -3.34. The maximum absolute atomic E-state index is 13.1. The molecule has 1 heterocycles. The van der Waals surface area contributed by atoms with Crippen molar-refractivity contribution in [3.05, 3.63) is 71.8 Å². The number of anilines is 2. The van der Waals surface area contributed by atoms with E-state index < -0.39 is 32.9 Å². The van der Waals surface area contributed by atoms with Crippen LogP contribution >= 0.6 is 0 Å². The van der Waals surface area contributed by atoms with Crippen LogP contribution in [-0.2, 0) is 27.4 Å². The lowest BCUT2D eigenvalue weighted by atomic mass is 9.88. The maximum Gasteiger partial charge on any atom is 0.416 e. The van der Waals surface area contributed by atoms with Gasteiger partial charge in [0.25, 0.3) is 5.91 Å². The topological polar surface area (TPSA) is 95.6 Å². The zero-order valence-electron chi connectivity index (χ0n) is 18.6. The van der Waals surface area contributed by atoms with E-state index in [1.807, 2.05) is 0 Å². The molecule has 11 heteroatoms. The SMILES string of the molecule is C=CC(=O)NCC1Cc2c(C(=O)NS(=O)(=O)C3CC3)cccc2N(c2ccc(C(F)(F)F)cc2)C1. The summed E-state index contributed by atoms with van der Waals surface area (Å²) in [6, 6.07) is 9.52. The largest absolute Gasteiger partial charge is 0.416 e. The average Bonchev–Trinajstić information content (AvgIpc) is 3.67. The molecule has 1 aliphatic carbocycles. The van der Waals surface area contributed by atoms with Gasteiger partial charge in [-0.2, -0.15) is 13.2 Å². The van der Waals surface area contributed by atoms with Gasteiger partial charge in [-0.15, -0.1) is 0 Å². The highest BCUT2D eigenvalue weighted by Crippen LogP contribution is 2.39. The lowest BCUT2D eigenvalue weighted by Gasteiger charge is -2.37. The fourth-order valence-electron chi connectivity index (χ4n) is 4.14. The van der Waals surface area contributed by atoms with Crippen LogP contribution in [-0.4, -0.2) is 38.6 Å². The van der Waals surface area contributed by atoms with E-state index in [0.717, 1.165) is 18.2 Å². The van der Waals surface area contributed by atoms with Crippen molar-refractivity contribution >= 4 is 33.2 Å². The molecule has 2 amide bonds. The molecule has 1 fully saturated rings. The van der Waals surface area contributed by atoms with Crippen LogP contribution in [0, 0.1) is 5.92 Å². The Labute approximate surface area is 201 Å². The van der Waals surface area contributed by atoms with Crippen molar-refractivity contribution in [3.8, 4) is 0 Å². The van der Waals surface area contributed by atoms with E-state index in [2.05, 4.69) is 16.6 Å². The minimum atomic E-state index is -4.48. The smallest absolute Gasteiger partial charge is 0.352 e. The van der Waals surface area contributed by atoms with Gasteiger partial charge in [0, 0.05) is 30.0 Å². The molecule has 2 aliphatic rings. The molecule has 2 aromatic rings. The van der Waals surface area contributed by atoms with Crippen LogP contribution < -0.4 is 14.9 Å². The highest BCUT2D eigenvalue weighted by molar-refractivity contribution is 7.91. The number of nitrogens with zero attached hydrogens (tertiary/aromatic N) is 1. The summed E-state index contributed by atoms with van der Waals surface area (Å²) in [5.74, 6) is -1.34. The van der Waals surface area contributed by atoms with Gasteiger partial charge < -0.3 is 10.2 Å². The molecule has 1 unspecified atom stereocenters. The average molecular weight is 508 g/mol. The van der Waals surface area contributed by atoms with E-state index >= 15 is 0 Å². The Bertz CT molecular complexity index is 1260. The summed E-state index contributed by atoms with van der Waals surface area (Å²) in [5, 5.41) is 2.14. The number of carbonyl (C=O) groups excluding carboxylic acids is 2. The van der Waals surface area contributed by atoms with Crippen LogP contribution in [0.1, 0.15) is 34.3 Å². The van der Waals surface area contributed by atoms with Gasteiger partial charge in [0.1, 0.15) is 0 Å². The van der Waals surface area contributed by atoms with Crippen LogP contribution in [0.4, 0.5) is 24.5 Å². The summed E-state index contributed by atoms with van der Waals surface area (Å²) in [6.07, 6.45) is -1.98. The second kappa shape index (κ2) is 9.37. The number of hydrogen-bond acceptors (Lipinski definition) is 5. The van der Waals surface area contributed by atoms with Crippen molar-refractivity contribution in [3.63, 3.8) is 0 Å². The maximum atomic E-state index is 13.1. The summed E-state index contributed by atoms with van der Waals surface area (Å²) >= 11 is 0. The molecule has 4 rings (SSSR count). The normalized spacial score (nSPS) is 17.9. The van der Waals surface area contributed by atoms with Gasteiger partial charge in [-0.1, -0.05) is 12.6 Å². The second-order valence-electron chi connectivity index (χ2n) is 8.65. The van der Waals surface area contributed by atoms with Crippen LogP contribution in [0.5, 0.6) is 0 Å². The van der Waals surface area contributed by atoms with Gasteiger partial charge in [0.2, 0.25) is 15.9 Å². The summed E-state index contributed by atoms with van der Waals surface area (Å²) in [5.41, 5.74) is 1.00. The van der Waals surface area contributed by atoms with Crippen LogP contribution in [0.2, 0.25) is 0 Å². The zero-order valence-corrected chi connectivity index (χ0v) is 19.5. The van der Waals surface area contributed by atoms with E-state index in [-0.39, 0.29) is 23.9 Å². The summed E-state index contributed by atoms with van der Waals surface area (Å²) in [6.45, 7) is 4.01. The first-order valence-corrected chi connectivity index (χ1v) is 12.6. The van der Waals surface area contributed by atoms with Crippen molar-refractivity contribution < 1.29 is 31.2 Å². The molecule has 0 radical (unpaired) electrons. The van der Waals surface area contributed by atoms with Crippen LogP contribution in [0.3, 0.4) is 0 Å². The summed E-state index contributed by atoms with van der Waals surface area (Å²) < 4.78 is 66.0. The highest BCUT2D eigenvalue weighted by Gasteiger charge is 2.38. The number of alkyl halides is 3. The third kappa shape index (κ3) is 5.50. The first kappa shape index (κ1) is 24.8. The monoisotopic (exact) mass is 507 g/mol. The van der Waals surface area contributed by atoms with E-state index in [9.17, 15) is 31.2 Å². The summed E-state index contributed by atoms with van der Waals surface area (Å²) in [7, 11) is -3.77. The lowest BCUT2D eigenvalue weighted by Crippen LogP contribution is -2.40. The molecule has 1 aliphatic heterocycles. The Morgan fingerprint density at radius 3 is 2.40 bits per heavy atom. The Kier molecular flexibility index (Phi) is 6.63. The minimum absolute atomic E-state index is 0.170. The predicted octanol–water partition coefficient (Wildman–Crippen LogP) is 3.54.